The third kappa shape index (κ3) is 3.11. The molecule has 1 rings (SSSR count). The van der Waals surface area contributed by atoms with Crippen molar-refractivity contribution in [2.45, 2.75) is 26.7 Å². The van der Waals surface area contributed by atoms with Crippen LogP contribution in [-0.2, 0) is 0 Å². The van der Waals surface area contributed by atoms with Crippen LogP contribution in [0.3, 0.4) is 0 Å². The summed E-state index contributed by atoms with van der Waals surface area (Å²) in [6.07, 6.45) is 5.05. The Hall–Kier alpha value is -0.770. The highest BCUT2D eigenvalue weighted by Gasteiger charge is 2.25. The molecule has 16 heavy (non-hydrogen) atoms. The van der Waals surface area contributed by atoms with E-state index in [1.807, 2.05) is 0 Å². The van der Waals surface area contributed by atoms with E-state index in [-0.39, 0.29) is 11.3 Å². The van der Waals surface area contributed by atoms with E-state index in [0.717, 1.165) is 18.2 Å². The van der Waals surface area contributed by atoms with Gasteiger partial charge in [0.15, 0.2) is 0 Å². The minimum atomic E-state index is -0.0685. The summed E-state index contributed by atoms with van der Waals surface area (Å²) in [5.41, 5.74) is 0.732. The quantitative estimate of drug-likeness (QED) is 0.817. The lowest BCUT2D eigenvalue weighted by molar-refractivity contribution is 0.0932. The van der Waals surface area contributed by atoms with Gasteiger partial charge in [-0.15, -0.1) is 0 Å². The summed E-state index contributed by atoms with van der Waals surface area (Å²) in [6, 6.07) is 1.67. The Morgan fingerprint density at radius 2 is 2.19 bits per heavy atom. The largest absolute Gasteiger partial charge is 0.472 e. The van der Waals surface area contributed by atoms with E-state index in [1.54, 1.807) is 6.07 Å². The van der Waals surface area contributed by atoms with Crippen molar-refractivity contribution >= 4 is 21.8 Å². The number of amides is 1. The van der Waals surface area contributed by atoms with E-state index >= 15 is 0 Å². The van der Waals surface area contributed by atoms with Crippen molar-refractivity contribution in [3.8, 4) is 0 Å². The summed E-state index contributed by atoms with van der Waals surface area (Å²) < 4.78 is 4.88. The second-order valence-electron chi connectivity index (χ2n) is 4.04. The van der Waals surface area contributed by atoms with Crippen molar-refractivity contribution in [2.24, 2.45) is 5.41 Å². The Bertz CT molecular complexity index is 310. The van der Waals surface area contributed by atoms with Gasteiger partial charge in [-0.3, -0.25) is 4.79 Å². The fraction of sp³-hybridized carbons (Fsp3) is 0.583. The number of furan rings is 1. The third-order valence-electron chi connectivity index (χ3n) is 3.19. The van der Waals surface area contributed by atoms with Gasteiger partial charge in [-0.05, 0) is 24.3 Å². The molecule has 0 unspecified atom stereocenters. The van der Waals surface area contributed by atoms with E-state index in [2.05, 4.69) is 35.1 Å². The molecular formula is C12H18BrNO2. The summed E-state index contributed by atoms with van der Waals surface area (Å²) >= 11 is 3.52. The number of hydrogen-bond acceptors (Lipinski definition) is 2. The van der Waals surface area contributed by atoms with Crippen LogP contribution in [0.1, 0.15) is 37.0 Å². The molecule has 0 aliphatic carbocycles. The van der Waals surface area contributed by atoms with Crippen molar-refractivity contribution in [3.05, 3.63) is 24.2 Å². The molecule has 3 nitrogen and oxygen atoms in total. The van der Waals surface area contributed by atoms with E-state index in [4.69, 9.17) is 4.42 Å². The molecule has 0 saturated carbocycles. The number of alkyl halides is 1. The first-order valence-electron chi connectivity index (χ1n) is 5.54. The first kappa shape index (κ1) is 13.3. The molecule has 0 radical (unpaired) electrons. The molecule has 0 aliphatic heterocycles. The fourth-order valence-electron chi connectivity index (χ4n) is 1.50. The zero-order valence-electron chi connectivity index (χ0n) is 9.75. The van der Waals surface area contributed by atoms with Gasteiger partial charge in [-0.2, -0.15) is 0 Å². The Balaban J connectivity index is 2.53. The Kier molecular flexibility index (Phi) is 5.06. The summed E-state index contributed by atoms with van der Waals surface area (Å²) in [5.74, 6) is -0.0685. The van der Waals surface area contributed by atoms with Crippen LogP contribution in [0.5, 0.6) is 0 Å². The molecule has 1 heterocycles. The summed E-state index contributed by atoms with van der Waals surface area (Å²) in [5, 5.41) is 3.85. The number of hydrogen-bond donors (Lipinski definition) is 1. The summed E-state index contributed by atoms with van der Waals surface area (Å²) in [7, 11) is 0. The van der Waals surface area contributed by atoms with Gasteiger partial charge in [0.1, 0.15) is 6.26 Å². The van der Waals surface area contributed by atoms with Gasteiger partial charge in [-0.25, -0.2) is 0 Å². The molecule has 90 valence electrons. The second kappa shape index (κ2) is 6.09. The molecule has 1 aromatic heterocycles. The van der Waals surface area contributed by atoms with Crippen LogP contribution in [0, 0.1) is 5.41 Å². The van der Waals surface area contributed by atoms with Gasteiger partial charge >= 0.3 is 0 Å². The molecule has 1 amide bonds. The minimum Gasteiger partial charge on any atom is -0.472 e. The standard InChI is InChI=1S/C12H18BrNO2/c1-3-12(4-2,8-13)9-14-11(15)10-5-6-16-7-10/h5-7H,3-4,8-9H2,1-2H3,(H,14,15). The predicted octanol–water partition coefficient (Wildman–Crippen LogP) is 3.21. The lowest BCUT2D eigenvalue weighted by Gasteiger charge is -2.29. The van der Waals surface area contributed by atoms with Gasteiger partial charge in [-0.1, -0.05) is 29.8 Å². The third-order valence-corrected chi connectivity index (χ3v) is 4.38. The van der Waals surface area contributed by atoms with Crippen LogP contribution < -0.4 is 5.32 Å². The van der Waals surface area contributed by atoms with Crippen LogP contribution >= 0.6 is 15.9 Å². The first-order chi connectivity index (χ1) is 7.67. The van der Waals surface area contributed by atoms with Gasteiger partial charge in [0.2, 0.25) is 0 Å². The zero-order valence-corrected chi connectivity index (χ0v) is 11.3. The molecule has 0 aliphatic rings. The van der Waals surface area contributed by atoms with Crippen molar-refractivity contribution < 1.29 is 9.21 Å². The molecule has 0 saturated heterocycles. The first-order valence-corrected chi connectivity index (χ1v) is 6.66. The number of carbonyl (C=O) groups is 1. The highest BCUT2D eigenvalue weighted by atomic mass is 79.9. The van der Waals surface area contributed by atoms with Crippen LogP contribution in [0.2, 0.25) is 0 Å². The van der Waals surface area contributed by atoms with Crippen molar-refractivity contribution in [3.63, 3.8) is 0 Å². The van der Waals surface area contributed by atoms with Gasteiger partial charge in [0.25, 0.3) is 5.91 Å². The van der Waals surface area contributed by atoms with E-state index < -0.39 is 0 Å². The van der Waals surface area contributed by atoms with Crippen LogP contribution in [0.25, 0.3) is 0 Å². The SMILES string of the molecule is CCC(CC)(CBr)CNC(=O)c1ccoc1. The number of halogens is 1. The van der Waals surface area contributed by atoms with Crippen LogP contribution in [-0.4, -0.2) is 17.8 Å². The summed E-state index contributed by atoms with van der Waals surface area (Å²) in [4.78, 5) is 11.7. The summed E-state index contributed by atoms with van der Waals surface area (Å²) in [6.45, 7) is 4.98. The average molecular weight is 288 g/mol. The highest BCUT2D eigenvalue weighted by molar-refractivity contribution is 9.09. The maximum atomic E-state index is 11.7. The molecule has 0 aromatic carbocycles. The Morgan fingerprint density at radius 1 is 1.50 bits per heavy atom. The average Bonchev–Trinajstić information content (AvgIpc) is 2.85. The highest BCUT2D eigenvalue weighted by Crippen LogP contribution is 2.27. The number of carbonyl (C=O) groups excluding carboxylic acids is 1. The zero-order chi connectivity index (χ0) is 12.0. The van der Waals surface area contributed by atoms with E-state index in [9.17, 15) is 4.79 Å². The topological polar surface area (TPSA) is 42.2 Å². The van der Waals surface area contributed by atoms with Crippen molar-refractivity contribution in [1.82, 2.24) is 5.32 Å². The molecular weight excluding hydrogens is 270 g/mol. The van der Waals surface area contributed by atoms with Gasteiger partial charge in [0.05, 0.1) is 11.8 Å². The lowest BCUT2D eigenvalue weighted by atomic mass is 9.84. The molecule has 0 atom stereocenters. The molecule has 1 aromatic rings. The van der Waals surface area contributed by atoms with Crippen LogP contribution in [0.15, 0.2) is 23.0 Å². The van der Waals surface area contributed by atoms with Crippen molar-refractivity contribution in [1.29, 1.82) is 0 Å². The predicted molar refractivity (Wildman–Crippen MR) is 67.9 cm³/mol. The molecule has 1 N–H and O–H groups in total. The second-order valence-corrected chi connectivity index (χ2v) is 4.60. The molecule has 0 fully saturated rings. The van der Waals surface area contributed by atoms with Gasteiger partial charge in [0, 0.05) is 11.9 Å². The number of rotatable bonds is 6. The fourth-order valence-corrected chi connectivity index (χ4v) is 2.49. The number of nitrogens with one attached hydrogen (secondary N) is 1. The monoisotopic (exact) mass is 287 g/mol. The molecule has 0 spiro atoms. The normalized spacial score (nSPS) is 11.4. The maximum absolute atomic E-state index is 11.7. The van der Waals surface area contributed by atoms with E-state index in [0.29, 0.717) is 12.1 Å². The Morgan fingerprint density at radius 3 is 2.62 bits per heavy atom. The maximum Gasteiger partial charge on any atom is 0.254 e. The molecule has 4 heteroatoms. The minimum absolute atomic E-state index is 0.0685. The van der Waals surface area contributed by atoms with Gasteiger partial charge < -0.3 is 9.73 Å². The Labute approximate surface area is 105 Å². The molecule has 0 bridgehead atoms. The lowest BCUT2D eigenvalue weighted by Crippen LogP contribution is -2.38. The van der Waals surface area contributed by atoms with E-state index in [1.165, 1.54) is 12.5 Å². The smallest absolute Gasteiger partial charge is 0.254 e. The van der Waals surface area contributed by atoms with Crippen LogP contribution in [0.4, 0.5) is 0 Å². The van der Waals surface area contributed by atoms with Crippen molar-refractivity contribution in [2.75, 3.05) is 11.9 Å².